The molecule has 0 aliphatic rings. The van der Waals surface area contributed by atoms with Gasteiger partial charge in [-0.3, -0.25) is 4.79 Å². The monoisotopic (exact) mass is 236 g/mol. The second kappa shape index (κ2) is 5.07. The second-order valence-corrected chi connectivity index (χ2v) is 3.77. The first-order valence-corrected chi connectivity index (χ1v) is 5.43. The maximum absolute atomic E-state index is 12.0. The lowest BCUT2D eigenvalue weighted by Crippen LogP contribution is -2.13. The van der Waals surface area contributed by atoms with E-state index >= 15 is 0 Å². The summed E-state index contributed by atoms with van der Waals surface area (Å²) >= 11 is 0. The summed E-state index contributed by atoms with van der Waals surface area (Å²) < 4.78 is 0. The molecule has 3 N–H and O–H groups in total. The van der Waals surface area contributed by atoms with Crippen LogP contribution < -0.4 is 11.1 Å². The largest absolute Gasteiger partial charge is 0.398 e. The number of carbonyl (C=O) groups excluding carboxylic acids is 1. The molecule has 18 heavy (non-hydrogen) atoms. The van der Waals surface area contributed by atoms with Gasteiger partial charge in [-0.1, -0.05) is 24.1 Å². The molecular weight excluding hydrogens is 224 g/mol. The van der Waals surface area contributed by atoms with Crippen LogP contribution >= 0.6 is 0 Å². The average molecular weight is 236 g/mol. The van der Waals surface area contributed by atoms with E-state index in [-0.39, 0.29) is 5.91 Å². The fourth-order valence-corrected chi connectivity index (χ4v) is 1.59. The number of rotatable bonds is 2. The van der Waals surface area contributed by atoms with E-state index in [4.69, 9.17) is 12.2 Å². The zero-order valence-electron chi connectivity index (χ0n) is 9.68. The number of hydrogen-bond donors (Lipinski definition) is 2. The summed E-state index contributed by atoms with van der Waals surface area (Å²) in [5.41, 5.74) is 8.00. The van der Waals surface area contributed by atoms with Crippen molar-refractivity contribution >= 4 is 17.3 Å². The number of nitrogens with two attached hydrogens (primary N) is 1. The highest BCUT2D eigenvalue weighted by molar-refractivity contribution is 6.07. The van der Waals surface area contributed by atoms with Gasteiger partial charge in [-0.2, -0.15) is 0 Å². The van der Waals surface area contributed by atoms with Crippen molar-refractivity contribution in [3.8, 4) is 12.3 Å². The molecule has 1 amide bonds. The van der Waals surface area contributed by atoms with Gasteiger partial charge in [-0.05, 0) is 30.3 Å². The predicted molar refractivity (Wildman–Crippen MR) is 73.2 cm³/mol. The third-order valence-corrected chi connectivity index (χ3v) is 2.49. The highest BCUT2D eigenvalue weighted by Gasteiger charge is 2.08. The second-order valence-electron chi connectivity index (χ2n) is 3.77. The molecule has 0 spiro atoms. The number of carbonyl (C=O) groups is 1. The fraction of sp³-hybridized carbons (Fsp3) is 0. The number of nitrogen functional groups attached to an aromatic ring is 1. The quantitative estimate of drug-likeness (QED) is 0.621. The first-order chi connectivity index (χ1) is 8.70. The van der Waals surface area contributed by atoms with Crippen molar-refractivity contribution < 1.29 is 4.79 Å². The van der Waals surface area contributed by atoms with Crippen LogP contribution in [0.1, 0.15) is 15.9 Å². The van der Waals surface area contributed by atoms with Crippen LogP contribution in [0.3, 0.4) is 0 Å². The van der Waals surface area contributed by atoms with Crippen LogP contribution in [-0.4, -0.2) is 5.91 Å². The van der Waals surface area contributed by atoms with Crippen molar-refractivity contribution in [2.24, 2.45) is 0 Å². The lowest BCUT2D eigenvalue weighted by molar-refractivity contribution is 0.102. The van der Waals surface area contributed by atoms with Gasteiger partial charge in [0.2, 0.25) is 0 Å². The molecule has 2 aromatic carbocycles. The summed E-state index contributed by atoms with van der Waals surface area (Å²) in [5, 5.41) is 2.76. The van der Waals surface area contributed by atoms with E-state index in [1.165, 1.54) is 0 Å². The Labute approximate surface area is 106 Å². The Morgan fingerprint density at radius 1 is 1.17 bits per heavy atom. The third kappa shape index (κ3) is 2.50. The van der Waals surface area contributed by atoms with E-state index in [0.717, 1.165) is 0 Å². The van der Waals surface area contributed by atoms with Crippen LogP contribution in [0, 0.1) is 12.3 Å². The Balaban J connectivity index is 2.22. The minimum absolute atomic E-state index is 0.248. The van der Waals surface area contributed by atoms with Gasteiger partial charge >= 0.3 is 0 Å². The Morgan fingerprint density at radius 2 is 1.94 bits per heavy atom. The molecule has 3 nitrogen and oxygen atoms in total. The number of terminal acetylenes is 1. The van der Waals surface area contributed by atoms with Gasteiger partial charge in [0.1, 0.15) is 0 Å². The summed E-state index contributed by atoms with van der Waals surface area (Å²) in [6.07, 6.45) is 5.30. The van der Waals surface area contributed by atoms with E-state index < -0.39 is 0 Å². The third-order valence-electron chi connectivity index (χ3n) is 2.49. The van der Waals surface area contributed by atoms with Crippen molar-refractivity contribution in [3.63, 3.8) is 0 Å². The summed E-state index contributed by atoms with van der Waals surface area (Å²) in [4.78, 5) is 12.0. The number of amides is 1. The molecule has 2 aromatic rings. The molecule has 0 radical (unpaired) electrons. The van der Waals surface area contributed by atoms with Crippen molar-refractivity contribution in [2.45, 2.75) is 0 Å². The van der Waals surface area contributed by atoms with E-state index in [1.807, 2.05) is 0 Å². The van der Waals surface area contributed by atoms with Crippen LogP contribution in [-0.2, 0) is 0 Å². The van der Waals surface area contributed by atoms with E-state index in [0.29, 0.717) is 22.5 Å². The smallest absolute Gasteiger partial charge is 0.257 e. The van der Waals surface area contributed by atoms with Crippen LogP contribution in [0.5, 0.6) is 0 Å². The molecule has 0 fully saturated rings. The van der Waals surface area contributed by atoms with Crippen LogP contribution in [0.25, 0.3) is 0 Å². The van der Waals surface area contributed by atoms with Gasteiger partial charge in [0.15, 0.2) is 0 Å². The maximum Gasteiger partial charge on any atom is 0.257 e. The van der Waals surface area contributed by atoms with E-state index in [2.05, 4.69) is 11.2 Å². The minimum atomic E-state index is -0.248. The van der Waals surface area contributed by atoms with Crippen LogP contribution in [0.15, 0.2) is 48.5 Å². The summed E-state index contributed by atoms with van der Waals surface area (Å²) in [5.74, 6) is 2.27. The zero-order valence-corrected chi connectivity index (χ0v) is 9.68. The molecule has 0 aliphatic carbocycles. The number of anilines is 2. The zero-order chi connectivity index (χ0) is 13.0. The van der Waals surface area contributed by atoms with Crippen molar-refractivity contribution in [2.75, 3.05) is 11.1 Å². The van der Waals surface area contributed by atoms with Crippen molar-refractivity contribution in [1.29, 1.82) is 0 Å². The Morgan fingerprint density at radius 3 is 2.67 bits per heavy atom. The van der Waals surface area contributed by atoms with Gasteiger partial charge in [-0.25, -0.2) is 0 Å². The minimum Gasteiger partial charge on any atom is -0.398 e. The summed E-state index contributed by atoms with van der Waals surface area (Å²) in [6.45, 7) is 0. The molecule has 88 valence electrons. The van der Waals surface area contributed by atoms with Gasteiger partial charge in [-0.15, -0.1) is 6.42 Å². The van der Waals surface area contributed by atoms with Gasteiger partial charge in [0, 0.05) is 16.9 Å². The Bertz CT molecular complexity index is 626. The summed E-state index contributed by atoms with van der Waals surface area (Å²) in [6, 6.07) is 14.0. The lowest BCUT2D eigenvalue weighted by atomic mass is 10.1. The molecule has 0 unspecified atom stereocenters. The first-order valence-electron chi connectivity index (χ1n) is 5.43. The highest BCUT2D eigenvalue weighted by Crippen LogP contribution is 2.15. The Kier molecular flexibility index (Phi) is 3.31. The van der Waals surface area contributed by atoms with Gasteiger partial charge < -0.3 is 11.1 Å². The van der Waals surface area contributed by atoms with E-state index in [1.54, 1.807) is 48.5 Å². The number of para-hydroxylation sites is 1. The number of benzene rings is 2. The normalized spacial score (nSPS) is 9.50. The highest BCUT2D eigenvalue weighted by atomic mass is 16.1. The van der Waals surface area contributed by atoms with E-state index in [9.17, 15) is 4.79 Å². The average Bonchev–Trinajstić information content (AvgIpc) is 2.39. The van der Waals surface area contributed by atoms with Gasteiger partial charge in [0.25, 0.3) is 5.91 Å². The molecule has 0 saturated heterocycles. The number of hydrogen-bond acceptors (Lipinski definition) is 2. The molecule has 0 atom stereocenters. The summed E-state index contributed by atoms with van der Waals surface area (Å²) in [7, 11) is 0. The van der Waals surface area contributed by atoms with Crippen molar-refractivity contribution in [3.05, 3.63) is 59.7 Å². The molecule has 0 heterocycles. The lowest BCUT2D eigenvalue weighted by Gasteiger charge is -2.07. The molecular formula is C15H12N2O. The molecule has 0 bridgehead atoms. The SMILES string of the molecule is C#Cc1cccc(NC(=O)c2ccccc2N)c1. The molecule has 3 heteroatoms. The molecule has 0 aromatic heterocycles. The topological polar surface area (TPSA) is 55.1 Å². The standard InChI is InChI=1S/C15H12N2O/c1-2-11-6-5-7-12(10-11)17-15(18)13-8-3-4-9-14(13)16/h1,3-10H,16H2,(H,17,18). The fourth-order valence-electron chi connectivity index (χ4n) is 1.59. The molecule has 0 saturated carbocycles. The van der Waals surface area contributed by atoms with Crippen LogP contribution in [0.4, 0.5) is 11.4 Å². The predicted octanol–water partition coefficient (Wildman–Crippen LogP) is 2.50. The van der Waals surface area contributed by atoms with Gasteiger partial charge in [0.05, 0.1) is 5.56 Å². The Hall–Kier alpha value is -2.73. The molecule has 0 aliphatic heterocycles. The van der Waals surface area contributed by atoms with Crippen molar-refractivity contribution in [1.82, 2.24) is 0 Å². The molecule has 2 rings (SSSR count). The van der Waals surface area contributed by atoms with Crippen LogP contribution in [0.2, 0.25) is 0 Å². The maximum atomic E-state index is 12.0. The number of nitrogens with one attached hydrogen (secondary N) is 1. The first kappa shape index (κ1) is 11.7.